The van der Waals surface area contributed by atoms with Gasteiger partial charge >= 0.3 is 0 Å². The smallest absolute Gasteiger partial charge is 0.232 e. The fourth-order valence-corrected chi connectivity index (χ4v) is 3.20. The minimum Gasteiger partial charge on any atom is -0.396 e. The van der Waals surface area contributed by atoms with Crippen molar-refractivity contribution in [3.63, 3.8) is 0 Å². The van der Waals surface area contributed by atoms with Gasteiger partial charge in [0.05, 0.1) is 5.75 Å². The van der Waals surface area contributed by atoms with Gasteiger partial charge in [0.2, 0.25) is 5.91 Å². The van der Waals surface area contributed by atoms with Crippen LogP contribution in [-0.2, 0) is 4.79 Å². The highest BCUT2D eigenvalue weighted by Crippen LogP contribution is 2.20. The average molecular weight is 259 g/mol. The Balaban J connectivity index is 2.21. The van der Waals surface area contributed by atoms with E-state index in [4.69, 9.17) is 5.11 Å². The summed E-state index contributed by atoms with van der Waals surface area (Å²) >= 11 is 1.75. The number of aliphatic hydroxyl groups is 1. The van der Waals surface area contributed by atoms with Crippen molar-refractivity contribution in [1.29, 1.82) is 0 Å². The first-order chi connectivity index (χ1) is 8.27. The van der Waals surface area contributed by atoms with Gasteiger partial charge in [0.25, 0.3) is 0 Å². The van der Waals surface area contributed by atoms with E-state index < -0.39 is 0 Å². The van der Waals surface area contributed by atoms with Crippen LogP contribution in [-0.4, -0.2) is 47.1 Å². The lowest BCUT2D eigenvalue weighted by Crippen LogP contribution is -2.41. The van der Waals surface area contributed by atoms with Gasteiger partial charge in [-0.3, -0.25) is 4.79 Å². The lowest BCUT2D eigenvalue weighted by molar-refractivity contribution is -0.130. The minimum atomic E-state index is 0.248. The van der Waals surface area contributed by atoms with Gasteiger partial charge in [-0.1, -0.05) is 13.3 Å². The van der Waals surface area contributed by atoms with Crippen molar-refractivity contribution < 1.29 is 9.90 Å². The van der Waals surface area contributed by atoms with Gasteiger partial charge in [0.15, 0.2) is 0 Å². The molecule has 1 atom stereocenters. The number of hydrogen-bond donors (Lipinski definition) is 1. The number of carbonyl (C=O) groups is 1. The van der Waals surface area contributed by atoms with E-state index >= 15 is 0 Å². The number of amides is 1. The quantitative estimate of drug-likeness (QED) is 0.712. The first kappa shape index (κ1) is 14.8. The molecule has 0 radical (unpaired) electrons. The topological polar surface area (TPSA) is 40.5 Å². The summed E-state index contributed by atoms with van der Waals surface area (Å²) in [4.78, 5) is 13.9. The van der Waals surface area contributed by atoms with Crippen molar-refractivity contribution >= 4 is 17.7 Å². The van der Waals surface area contributed by atoms with Crippen LogP contribution >= 0.6 is 11.8 Å². The molecule has 4 heteroatoms. The van der Waals surface area contributed by atoms with E-state index in [-0.39, 0.29) is 12.5 Å². The molecule has 1 amide bonds. The van der Waals surface area contributed by atoms with E-state index in [1.165, 1.54) is 12.8 Å². The molecule has 1 N–H and O–H groups in total. The molecule has 3 nitrogen and oxygen atoms in total. The van der Waals surface area contributed by atoms with E-state index in [0.29, 0.717) is 11.7 Å². The van der Waals surface area contributed by atoms with Crippen LogP contribution in [0.2, 0.25) is 0 Å². The predicted molar refractivity (Wildman–Crippen MR) is 73.2 cm³/mol. The van der Waals surface area contributed by atoms with Crippen LogP contribution in [0.4, 0.5) is 0 Å². The zero-order valence-electron chi connectivity index (χ0n) is 10.9. The van der Waals surface area contributed by atoms with E-state index in [0.717, 1.165) is 38.1 Å². The maximum atomic E-state index is 12.0. The molecule has 1 unspecified atom stereocenters. The summed E-state index contributed by atoms with van der Waals surface area (Å²) in [6.45, 7) is 4.19. The van der Waals surface area contributed by atoms with Crippen molar-refractivity contribution in [1.82, 2.24) is 4.90 Å². The summed E-state index contributed by atoms with van der Waals surface area (Å²) < 4.78 is 0. The van der Waals surface area contributed by atoms with Crippen LogP contribution < -0.4 is 0 Å². The maximum absolute atomic E-state index is 12.0. The molecule has 1 aliphatic rings. The molecule has 0 aromatic carbocycles. The van der Waals surface area contributed by atoms with Crippen molar-refractivity contribution in [2.45, 2.75) is 39.0 Å². The Hall–Kier alpha value is -0.220. The first-order valence-electron chi connectivity index (χ1n) is 6.74. The van der Waals surface area contributed by atoms with Crippen molar-refractivity contribution in [3.8, 4) is 0 Å². The van der Waals surface area contributed by atoms with Crippen molar-refractivity contribution in [3.05, 3.63) is 0 Å². The third-order valence-corrected chi connectivity index (χ3v) is 4.31. The summed E-state index contributed by atoms with van der Waals surface area (Å²) in [6.07, 6.45) is 5.49. The Morgan fingerprint density at radius 3 is 3.06 bits per heavy atom. The standard InChI is InChI=1S/C13H25NO2S/c1-2-3-9-17-11-13(16)14-7-4-5-12(10-14)6-8-15/h12,15H,2-11H2,1H3. The second-order valence-electron chi connectivity index (χ2n) is 4.77. The number of thioether (sulfide) groups is 1. The van der Waals surface area contributed by atoms with E-state index in [1.807, 2.05) is 4.90 Å². The maximum Gasteiger partial charge on any atom is 0.232 e. The van der Waals surface area contributed by atoms with Crippen LogP contribution in [0.15, 0.2) is 0 Å². The summed E-state index contributed by atoms with van der Waals surface area (Å²) in [6, 6.07) is 0. The van der Waals surface area contributed by atoms with E-state index in [1.54, 1.807) is 11.8 Å². The molecule has 1 saturated heterocycles. The largest absolute Gasteiger partial charge is 0.396 e. The number of unbranched alkanes of at least 4 members (excludes halogenated alkanes) is 1. The molecular weight excluding hydrogens is 234 g/mol. The van der Waals surface area contributed by atoms with Gasteiger partial charge in [-0.25, -0.2) is 0 Å². The number of nitrogens with zero attached hydrogens (tertiary/aromatic N) is 1. The minimum absolute atomic E-state index is 0.248. The molecule has 0 aromatic heterocycles. The predicted octanol–water partition coefficient (Wildman–Crippen LogP) is 2.14. The highest BCUT2D eigenvalue weighted by molar-refractivity contribution is 7.99. The molecular formula is C13H25NO2S. The van der Waals surface area contributed by atoms with Crippen LogP contribution in [0, 0.1) is 5.92 Å². The molecule has 1 fully saturated rings. The van der Waals surface area contributed by atoms with Crippen molar-refractivity contribution in [2.75, 3.05) is 31.2 Å². The number of aliphatic hydroxyl groups excluding tert-OH is 1. The Labute approximate surface area is 109 Å². The SMILES string of the molecule is CCCCSCC(=O)N1CCCC(CCO)C1. The Morgan fingerprint density at radius 1 is 1.53 bits per heavy atom. The van der Waals surface area contributed by atoms with Gasteiger partial charge < -0.3 is 10.0 Å². The third-order valence-electron chi connectivity index (χ3n) is 3.28. The molecule has 1 heterocycles. The number of piperidine rings is 1. The van der Waals surface area contributed by atoms with Crippen LogP contribution in [0.3, 0.4) is 0 Å². The molecule has 100 valence electrons. The van der Waals surface area contributed by atoms with Gasteiger partial charge in [-0.2, -0.15) is 11.8 Å². The highest BCUT2D eigenvalue weighted by Gasteiger charge is 2.22. The van der Waals surface area contributed by atoms with Gasteiger partial charge in [-0.05, 0) is 37.4 Å². The van der Waals surface area contributed by atoms with E-state index in [2.05, 4.69) is 6.92 Å². The lowest BCUT2D eigenvalue weighted by Gasteiger charge is -2.32. The number of carbonyl (C=O) groups excluding carboxylic acids is 1. The third kappa shape index (κ3) is 5.77. The first-order valence-corrected chi connectivity index (χ1v) is 7.89. The molecule has 0 saturated carbocycles. The Morgan fingerprint density at radius 2 is 2.35 bits per heavy atom. The second-order valence-corrected chi connectivity index (χ2v) is 5.87. The summed E-state index contributed by atoms with van der Waals surface area (Å²) in [5.74, 6) is 2.52. The monoisotopic (exact) mass is 259 g/mol. The van der Waals surface area contributed by atoms with Gasteiger partial charge in [-0.15, -0.1) is 0 Å². The van der Waals surface area contributed by atoms with Crippen LogP contribution in [0.25, 0.3) is 0 Å². The molecule has 0 bridgehead atoms. The number of likely N-dealkylation sites (tertiary alicyclic amines) is 1. The fourth-order valence-electron chi connectivity index (χ4n) is 2.21. The molecule has 1 rings (SSSR count). The van der Waals surface area contributed by atoms with Gasteiger partial charge in [0.1, 0.15) is 0 Å². The van der Waals surface area contributed by atoms with Crippen LogP contribution in [0.5, 0.6) is 0 Å². The molecule has 1 aliphatic heterocycles. The Bertz CT molecular complexity index is 221. The summed E-state index contributed by atoms with van der Waals surface area (Å²) in [7, 11) is 0. The van der Waals surface area contributed by atoms with Gasteiger partial charge in [0, 0.05) is 19.7 Å². The number of hydrogen-bond acceptors (Lipinski definition) is 3. The fraction of sp³-hybridized carbons (Fsp3) is 0.923. The second kappa shape index (κ2) is 8.81. The lowest BCUT2D eigenvalue weighted by atomic mass is 9.95. The zero-order valence-corrected chi connectivity index (χ0v) is 11.7. The molecule has 0 spiro atoms. The average Bonchev–Trinajstić information content (AvgIpc) is 2.35. The molecule has 17 heavy (non-hydrogen) atoms. The van der Waals surface area contributed by atoms with Crippen LogP contribution in [0.1, 0.15) is 39.0 Å². The number of rotatable bonds is 7. The summed E-state index contributed by atoms with van der Waals surface area (Å²) in [5, 5.41) is 8.94. The Kier molecular flexibility index (Phi) is 7.69. The molecule has 0 aliphatic carbocycles. The highest BCUT2D eigenvalue weighted by atomic mass is 32.2. The molecule has 0 aromatic rings. The zero-order chi connectivity index (χ0) is 12.5. The summed E-state index contributed by atoms with van der Waals surface area (Å²) in [5.41, 5.74) is 0. The normalized spacial score (nSPS) is 20.6. The van der Waals surface area contributed by atoms with E-state index in [9.17, 15) is 4.79 Å². The van der Waals surface area contributed by atoms with Crippen molar-refractivity contribution in [2.24, 2.45) is 5.92 Å².